The quantitative estimate of drug-likeness (QED) is 0.874. The van der Waals surface area contributed by atoms with Gasteiger partial charge in [0.1, 0.15) is 5.76 Å². The first-order valence-electron chi connectivity index (χ1n) is 7.10. The van der Waals surface area contributed by atoms with Gasteiger partial charge >= 0.3 is 0 Å². The first-order chi connectivity index (χ1) is 8.65. The highest BCUT2D eigenvalue weighted by molar-refractivity contribution is 5.02. The number of aromatic nitrogens is 1. The summed E-state index contributed by atoms with van der Waals surface area (Å²) in [7, 11) is 0. The maximum absolute atomic E-state index is 6.16. The molecule has 3 rings (SSSR count). The summed E-state index contributed by atoms with van der Waals surface area (Å²) in [6, 6.07) is 1.90. The summed E-state index contributed by atoms with van der Waals surface area (Å²) in [4.78, 5) is 7.01. The molecule has 3 unspecified atom stereocenters. The van der Waals surface area contributed by atoms with Gasteiger partial charge in [-0.2, -0.15) is 0 Å². The highest BCUT2D eigenvalue weighted by Gasteiger charge is 2.40. The summed E-state index contributed by atoms with van der Waals surface area (Å²) in [6.07, 6.45) is 7.96. The van der Waals surface area contributed by atoms with Crippen molar-refractivity contribution in [1.29, 1.82) is 0 Å². The summed E-state index contributed by atoms with van der Waals surface area (Å²) in [5.41, 5.74) is 6.16. The number of oxazole rings is 1. The average molecular weight is 249 g/mol. The number of nitrogens with two attached hydrogens (primary N) is 1. The Morgan fingerprint density at radius 1 is 1.39 bits per heavy atom. The Morgan fingerprint density at radius 2 is 2.06 bits per heavy atom. The van der Waals surface area contributed by atoms with Crippen molar-refractivity contribution in [3.63, 3.8) is 0 Å². The molecule has 0 radical (unpaired) electrons. The van der Waals surface area contributed by atoms with E-state index in [1.807, 2.05) is 13.1 Å². The minimum absolute atomic E-state index is 0.279. The lowest BCUT2D eigenvalue weighted by Crippen LogP contribution is -2.55. The lowest BCUT2D eigenvalue weighted by Gasteiger charge is -2.50. The van der Waals surface area contributed by atoms with E-state index in [0.717, 1.165) is 24.5 Å². The SMILES string of the molecule is Cc1cnc(C(C)N2C3CCCC2CC(N)C3)o1. The number of piperidine rings is 2. The van der Waals surface area contributed by atoms with Gasteiger partial charge in [-0.1, -0.05) is 6.42 Å². The van der Waals surface area contributed by atoms with Crippen LogP contribution in [0.15, 0.2) is 10.6 Å². The molecule has 0 amide bonds. The Balaban J connectivity index is 1.82. The van der Waals surface area contributed by atoms with Crippen molar-refractivity contribution >= 4 is 0 Å². The maximum atomic E-state index is 6.16. The van der Waals surface area contributed by atoms with Gasteiger partial charge in [0.2, 0.25) is 5.89 Å². The second kappa shape index (κ2) is 4.67. The summed E-state index contributed by atoms with van der Waals surface area (Å²) in [6.45, 7) is 4.17. The normalized spacial score (nSPS) is 34.5. The molecule has 18 heavy (non-hydrogen) atoms. The number of hydrogen-bond acceptors (Lipinski definition) is 4. The lowest BCUT2D eigenvalue weighted by molar-refractivity contribution is -0.00885. The first kappa shape index (κ1) is 12.2. The zero-order valence-corrected chi connectivity index (χ0v) is 11.3. The van der Waals surface area contributed by atoms with Gasteiger partial charge in [-0.15, -0.1) is 0 Å². The van der Waals surface area contributed by atoms with Crippen molar-refractivity contribution in [2.45, 2.75) is 70.1 Å². The largest absolute Gasteiger partial charge is 0.444 e. The molecular formula is C14H23N3O. The number of fused-ring (bicyclic) bond motifs is 2. The smallest absolute Gasteiger partial charge is 0.211 e. The van der Waals surface area contributed by atoms with Crippen molar-refractivity contribution in [2.75, 3.05) is 0 Å². The predicted molar refractivity (Wildman–Crippen MR) is 70.1 cm³/mol. The summed E-state index contributed by atoms with van der Waals surface area (Å²) >= 11 is 0. The van der Waals surface area contributed by atoms with Crippen LogP contribution in [-0.4, -0.2) is 28.0 Å². The van der Waals surface area contributed by atoms with E-state index in [1.54, 1.807) is 0 Å². The molecule has 2 fully saturated rings. The number of aryl methyl sites for hydroxylation is 1. The number of rotatable bonds is 2. The van der Waals surface area contributed by atoms with Crippen LogP contribution in [-0.2, 0) is 0 Å². The van der Waals surface area contributed by atoms with E-state index in [2.05, 4.69) is 16.8 Å². The van der Waals surface area contributed by atoms with Gasteiger partial charge in [0.15, 0.2) is 0 Å². The van der Waals surface area contributed by atoms with Crippen LogP contribution in [0.3, 0.4) is 0 Å². The van der Waals surface area contributed by atoms with Crippen molar-refractivity contribution < 1.29 is 4.42 Å². The number of hydrogen-bond donors (Lipinski definition) is 1. The third kappa shape index (κ3) is 2.08. The Morgan fingerprint density at radius 3 is 2.61 bits per heavy atom. The molecule has 3 heterocycles. The van der Waals surface area contributed by atoms with Crippen LogP contribution in [0.1, 0.15) is 56.7 Å². The molecule has 100 valence electrons. The molecule has 4 nitrogen and oxygen atoms in total. The monoisotopic (exact) mass is 249 g/mol. The van der Waals surface area contributed by atoms with Crippen LogP contribution in [0.2, 0.25) is 0 Å². The van der Waals surface area contributed by atoms with E-state index in [-0.39, 0.29) is 6.04 Å². The van der Waals surface area contributed by atoms with Crippen molar-refractivity contribution in [2.24, 2.45) is 5.73 Å². The molecular weight excluding hydrogens is 226 g/mol. The highest BCUT2D eigenvalue weighted by atomic mass is 16.4. The van der Waals surface area contributed by atoms with Gasteiger partial charge in [0.25, 0.3) is 0 Å². The van der Waals surface area contributed by atoms with Crippen LogP contribution in [0.5, 0.6) is 0 Å². The van der Waals surface area contributed by atoms with Crippen molar-refractivity contribution in [1.82, 2.24) is 9.88 Å². The molecule has 1 aromatic rings. The summed E-state index contributed by atoms with van der Waals surface area (Å²) < 4.78 is 5.71. The summed E-state index contributed by atoms with van der Waals surface area (Å²) in [5.74, 6) is 1.76. The van der Waals surface area contributed by atoms with E-state index in [1.165, 1.54) is 19.3 Å². The molecule has 0 saturated carbocycles. The molecule has 1 aromatic heterocycles. The van der Waals surface area contributed by atoms with Gasteiger partial charge in [0, 0.05) is 18.1 Å². The Labute approximate surface area is 109 Å². The second-order valence-electron chi connectivity index (χ2n) is 5.90. The van der Waals surface area contributed by atoms with E-state index in [9.17, 15) is 0 Å². The van der Waals surface area contributed by atoms with Crippen LogP contribution in [0.4, 0.5) is 0 Å². The molecule has 2 bridgehead atoms. The first-order valence-corrected chi connectivity index (χ1v) is 7.10. The highest BCUT2D eigenvalue weighted by Crippen LogP contribution is 2.39. The zero-order valence-electron chi connectivity index (χ0n) is 11.3. The Kier molecular flexibility index (Phi) is 3.16. The standard InChI is InChI=1S/C14H23N3O/c1-9-8-16-14(18-9)10(2)17-12-4-3-5-13(17)7-11(15)6-12/h8,10-13H,3-7,15H2,1-2H3. The topological polar surface area (TPSA) is 55.3 Å². The molecule has 2 saturated heterocycles. The molecule has 2 N–H and O–H groups in total. The molecule has 2 aliphatic heterocycles. The average Bonchev–Trinajstić information content (AvgIpc) is 2.74. The van der Waals surface area contributed by atoms with E-state index in [0.29, 0.717) is 18.1 Å². The van der Waals surface area contributed by atoms with Crippen LogP contribution in [0, 0.1) is 6.92 Å². The fourth-order valence-corrected chi connectivity index (χ4v) is 3.78. The van der Waals surface area contributed by atoms with Crippen LogP contribution >= 0.6 is 0 Å². The van der Waals surface area contributed by atoms with Crippen molar-refractivity contribution in [3.8, 4) is 0 Å². The van der Waals surface area contributed by atoms with E-state index >= 15 is 0 Å². The van der Waals surface area contributed by atoms with Crippen LogP contribution in [0.25, 0.3) is 0 Å². The maximum Gasteiger partial charge on any atom is 0.211 e. The van der Waals surface area contributed by atoms with Crippen molar-refractivity contribution in [3.05, 3.63) is 17.8 Å². The lowest BCUT2D eigenvalue weighted by atomic mass is 9.81. The zero-order chi connectivity index (χ0) is 12.7. The van der Waals surface area contributed by atoms with E-state index < -0.39 is 0 Å². The van der Waals surface area contributed by atoms with E-state index in [4.69, 9.17) is 10.2 Å². The van der Waals surface area contributed by atoms with Gasteiger partial charge in [-0.3, -0.25) is 4.90 Å². The fraction of sp³-hybridized carbons (Fsp3) is 0.786. The fourth-order valence-electron chi connectivity index (χ4n) is 3.78. The molecule has 0 aliphatic carbocycles. The summed E-state index contributed by atoms with van der Waals surface area (Å²) in [5, 5.41) is 0. The minimum atomic E-state index is 0.279. The number of nitrogens with zero attached hydrogens (tertiary/aromatic N) is 2. The second-order valence-corrected chi connectivity index (χ2v) is 5.90. The van der Waals surface area contributed by atoms with Gasteiger partial charge < -0.3 is 10.2 Å². The third-order valence-electron chi connectivity index (χ3n) is 4.51. The molecule has 0 spiro atoms. The van der Waals surface area contributed by atoms with Gasteiger partial charge in [0.05, 0.1) is 12.2 Å². The molecule has 0 aromatic carbocycles. The van der Waals surface area contributed by atoms with Gasteiger partial charge in [-0.05, 0) is 39.5 Å². The minimum Gasteiger partial charge on any atom is -0.444 e. The van der Waals surface area contributed by atoms with Gasteiger partial charge in [-0.25, -0.2) is 4.98 Å². The Hall–Kier alpha value is -0.870. The molecule has 2 aliphatic rings. The predicted octanol–water partition coefficient (Wildman–Crippen LogP) is 2.39. The molecule has 3 atom stereocenters. The van der Waals surface area contributed by atoms with Crippen LogP contribution < -0.4 is 5.73 Å². The molecule has 4 heteroatoms. The third-order valence-corrected chi connectivity index (χ3v) is 4.51. The Bertz CT molecular complexity index is 403.